The van der Waals surface area contributed by atoms with E-state index in [1.807, 2.05) is 18.2 Å². The van der Waals surface area contributed by atoms with Crippen LogP contribution in [-0.2, 0) is 11.3 Å². The molecule has 0 bridgehead atoms. The zero-order valence-electron chi connectivity index (χ0n) is 13.2. The van der Waals surface area contributed by atoms with E-state index in [1.165, 1.54) is 12.1 Å². The summed E-state index contributed by atoms with van der Waals surface area (Å²) in [5, 5.41) is 3.23. The SMILES string of the molecule is COc1ccc(CNCC(C=O)c2ccc(F)cc2)c(OC)c1. The minimum absolute atomic E-state index is 0.311. The Hall–Kier alpha value is -2.40. The Kier molecular flexibility index (Phi) is 6.11. The van der Waals surface area contributed by atoms with Crippen molar-refractivity contribution < 1.29 is 18.7 Å². The van der Waals surface area contributed by atoms with Crippen molar-refractivity contribution in [2.24, 2.45) is 0 Å². The van der Waals surface area contributed by atoms with Gasteiger partial charge in [0.05, 0.1) is 20.1 Å². The highest BCUT2D eigenvalue weighted by Gasteiger charge is 2.11. The molecular formula is C18H20FNO3. The minimum Gasteiger partial charge on any atom is -0.497 e. The molecule has 23 heavy (non-hydrogen) atoms. The van der Waals surface area contributed by atoms with Gasteiger partial charge in [0.15, 0.2) is 0 Å². The summed E-state index contributed by atoms with van der Waals surface area (Å²) in [6.45, 7) is 1.02. The Morgan fingerprint density at radius 3 is 2.48 bits per heavy atom. The van der Waals surface area contributed by atoms with Crippen LogP contribution in [0.4, 0.5) is 4.39 Å². The van der Waals surface area contributed by atoms with Crippen molar-refractivity contribution in [3.63, 3.8) is 0 Å². The van der Waals surface area contributed by atoms with E-state index in [9.17, 15) is 9.18 Å². The lowest BCUT2D eigenvalue weighted by molar-refractivity contribution is -0.109. The number of methoxy groups -OCH3 is 2. The third kappa shape index (κ3) is 4.53. The van der Waals surface area contributed by atoms with Crippen LogP contribution in [-0.4, -0.2) is 27.1 Å². The van der Waals surface area contributed by atoms with Crippen LogP contribution in [0.1, 0.15) is 17.0 Å². The molecular weight excluding hydrogens is 297 g/mol. The smallest absolute Gasteiger partial charge is 0.128 e. The second-order valence-electron chi connectivity index (χ2n) is 5.10. The van der Waals surface area contributed by atoms with Crippen LogP contribution >= 0.6 is 0 Å². The number of benzene rings is 2. The van der Waals surface area contributed by atoms with Crippen molar-refractivity contribution in [2.75, 3.05) is 20.8 Å². The van der Waals surface area contributed by atoms with Crippen molar-refractivity contribution in [1.82, 2.24) is 5.32 Å². The van der Waals surface area contributed by atoms with Crippen molar-refractivity contribution >= 4 is 6.29 Å². The van der Waals surface area contributed by atoms with Gasteiger partial charge in [0.1, 0.15) is 23.6 Å². The fraction of sp³-hybridized carbons (Fsp3) is 0.278. The number of aldehydes is 1. The van der Waals surface area contributed by atoms with E-state index in [0.717, 1.165) is 28.9 Å². The van der Waals surface area contributed by atoms with Crippen LogP contribution in [0.25, 0.3) is 0 Å². The molecule has 0 saturated carbocycles. The number of carbonyl (C=O) groups is 1. The Morgan fingerprint density at radius 2 is 1.87 bits per heavy atom. The van der Waals surface area contributed by atoms with Gasteiger partial charge in [0.2, 0.25) is 0 Å². The Labute approximate surface area is 135 Å². The molecule has 0 aliphatic rings. The molecule has 2 aromatic rings. The lowest BCUT2D eigenvalue weighted by atomic mass is 10.0. The molecule has 2 rings (SSSR count). The quantitative estimate of drug-likeness (QED) is 0.761. The lowest BCUT2D eigenvalue weighted by Gasteiger charge is -2.14. The summed E-state index contributed by atoms with van der Waals surface area (Å²) in [5.74, 6) is 0.818. The topological polar surface area (TPSA) is 47.6 Å². The van der Waals surface area contributed by atoms with Crippen LogP contribution in [0.5, 0.6) is 11.5 Å². The Balaban J connectivity index is 1.97. The summed E-state index contributed by atoms with van der Waals surface area (Å²) < 4.78 is 23.4. The first-order chi connectivity index (χ1) is 11.2. The van der Waals surface area contributed by atoms with Crippen LogP contribution in [0.2, 0.25) is 0 Å². The molecule has 4 nitrogen and oxygen atoms in total. The number of halogens is 1. The summed E-state index contributed by atoms with van der Waals surface area (Å²) in [5.41, 5.74) is 1.76. The van der Waals surface area contributed by atoms with Gasteiger partial charge in [0, 0.05) is 24.7 Å². The van der Waals surface area contributed by atoms with Gasteiger partial charge in [-0.05, 0) is 23.8 Å². The van der Waals surface area contributed by atoms with E-state index < -0.39 is 0 Å². The van der Waals surface area contributed by atoms with E-state index in [-0.39, 0.29) is 11.7 Å². The highest BCUT2D eigenvalue weighted by Crippen LogP contribution is 2.24. The maximum atomic E-state index is 12.9. The predicted octanol–water partition coefficient (Wildman–Crippen LogP) is 2.92. The second-order valence-corrected chi connectivity index (χ2v) is 5.10. The third-order valence-corrected chi connectivity index (χ3v) is 3.64. The summed E-state index contributed by atoms with van der Waals surface area (Å²) in [6.07, 6.45) is 0.867. The van der Waals surface area contributed by atoms with Gasteiger partial charge in [0.25, 0.3) is 0 Å². The van der Waals surface area contributed by atoms with E-state index in [2.05, 4.69) is 5.32 Å². The summed E-state index contributed by atoms with van der Waals surface area (Å²) in [7, 11) is 3.20. The third-order valence-electron chi connectivity index (χ3n) is 3.64. The largest absolute Gasteiger partial charge is 0.497 e. The summed E-state index contributed by atoms with van der Waals surface area (Å²) >= 11 is 0. The van der Waals surface area contributed by atoms with Crippen molar-refractivity contribution in [1.29, 1.82) is 0 Å². The van der Waals surface area contributed by atoms with Gasteiger partial charge in [-0.1, -0.05) is 18.2 Å². The molecule has 0 heterocycles. The fourth-order valence-corrected chi connectivity index (χ4v) is 2.31. The monoisotopic (exact) mass is 317 g/mol. The van der Waals surface area contributed by atoms with Crippen LogP contribution < -0.4 is 14.8 Å². The number of nitrogens with one attached hydrogen (secondary N) is 1. The van der Waals surface area contributed by atoms with Gasteiger partial charge in [-0.25, -0.2) is 4.39 Å². The molecule has 2 aromatic carbocycles. The maximum absolute atomic E-state index is 12.9. The molecule has 0 aliphatic heterocycles. The van der Waals surface area contributed by atoms with Crippen molar-refractivity contribution in [3.05, 3.63) is 59.4 Å². The average molecular weight is 317 g/mol. The predicted molar refractivity (Wildman–Crippen MR) is 86.5 cm³/mol. The Bertz CT molecular complexity index is 643. The van der Waals surface area contributed by atoms with Gasteiger partial charge < -0.3 is 19.6 Å². The first-order valence-electron chi connectivity index (χ1n) is 7.30. The summed E-state index contributed by atoms with van der Waals surface area (Å²) in [4.78, 5) is 11.3. The molecule has 1 unspecified atom stereocenters. The van der Waals surface area contributed by atoms with E-state index in [4.69, 9.17) is 9.47 Å². The molecule has 5 heteroatoms. The van der Waals surface area contributed by atoms with Crippen LogP contribution in [0.15, 0.2) is 42.5 Å². The molecule has 0 saturated heterocycles. The number of rotatable bonds is 8. The van der Waals surface area contributed by atoms with Gasteiger partial charge in [-0.3, -0.25) is 0 Å². The van der Waals surface area contributed by atoms with Gasteiger partial charge in [-0.2, -0.15) is 0 Å². The molecule has 0 amide bonds. The fourth-order valence-electron chi connectivity index (χ4n) is 2.31. The molecule has 1 atom stereocenters. The first kappa shape index (κ1) is 17.0. The number of carbonyl (C=O) groups excluding carboxylic acids is 1. The maximum Gasteiger partial charge on any atom is 0.128 e. The molecule has 0 radical (unpaired) electrons. The van der Waals surface area contributed by atoms with Crippen molar-refractivity contribution in [3.8, 4) is 11.5 Å². The normalized spacial score (nSPS) is 11.8. The van der Waals surface area contributed by atoms with Gasteiger partial charge >= 0.3 is 0 Å². The molecule has 1 N–H and O–H groups in total. The number of ether oxygens (including phenoxy) is 2. The average Bonchev–Trinajstić information content (AvgIpc) is 2.59. The van der Waals surface area contributed by atoms with E-state index in [0.29, 0.717) is 13.1 Å². The van der Waals surface area contributed by atoms with Gasteiger partial charge in [-0.15, -0.1) is 0 Å². The van der Waals surface area contributed by atoms with Crippen molar-refractivity contribution in [2.45, 2.75) is 12.5 Å². The second kappa shape index (κ2) is 8.29. The molecule has 0 aliphatic carbocycles. The standard InChI is InChI=1S/C18H20FNO3/c1-22-17-8-5-14(18(9-17)23-2)10-20-11-15(12-21)13-3-6-16(19)7-4-13/h3-9,12,15,20H,10-11H2,1-2H3. The number of hydrogen-bond acceptors (Lipinski definition) is 4. The van der Waals surface area contributed by atoms with E-state index in [1.54, 1.807) is 26.4 Å². The molecule has 122 valence electrons. The molecule has 0 spiro atoms. The zero-order valence-corrected chi connectivity index (χ0v) is 13.2. The minimum atomic E-state index is -0.320. The van der Waals surface area contributed by atoms with Crippen LogP contribution in [0.3, 0.4) is 0 Å². The van der Waals surface area contributed by atoms with Crippen LogP contribution in [0, 0.1) is 5.82 Å². The Morgan fingerprint density at radius 1 is 1.13 bits per heavy atom. The highest BCUT2D eigenvalue weighted by atomic mass is 19.1. The molecule has 0 fully saturated rings. The summed E-state index contributed by atoms with van der Waals surface area (Å²) in [6, 6.07) is 11.6. The first-order valence-corrected chi connectivity index (χ1v) is 7.30. The lowest BCUT2D eigenvalue weighted by Crippen LogP contribution is -2.22. The zero-order chi connectivity index (χ0) is 16.7. The molecule has 0 aromatic heterocycles. The van der Waals surface area contributed by atoms with E-state index >= 15 is 0 Å². The highest BCUT2D eigenvalue weighted by molar-refractivity contribution is 5.62. The number of hydrogen-bond donors (Lipinski definition) is 1.